The van der Waals surface area contributed by atoms with Gasteiger partial charge >= 0.3 is 0 Å². The number of para-hydroxylation sites is 1. The first-order valence-corrected chi connectivity index (χ1v) is 9.09. The van der Waals surface area contributed by atoms with E-state index in [1.54, 1.807) is 23.7 Å². The first-order chi connectivity index (χ1) is 13.6. The Morgan fingerprint density at radius 2 is 1.93 bits per heavy atom. The van der Waals surface area contributed by atoms with Gasteiger partial charge in [-0.2, -0.15) is 0 Å². The lowest BCUT2D eigenvalue weighted by Gasteiger charge is -2.29. The smallest absolute Gasteiger partial charge is 0.272 e. The largest absolute Gasteiger partial charge is 0.360 e. The second-order valence-electron chi connectivity index (χ2n) is 6.70. The number of ether oxygens (including phenoxy) is 1. The number of carbonyl (C=O) groups excluding carboxylic acids is 1. The molecule has 4 rings (SSSR count). The Morgan fingerprint density at radius 1 is 1.14 bits per heavy atom. The van der Waals surface area contributed by atoms with Gasteiger partial charge in [-0.1, -0.05) is 24.3 Å². The first-order valence-electron chi connectivity index (χ1n) is 9.09. The topological polar surface area (TPSA) is 116 Å². The number of benzene rings is 2. The zero-order valence-corrected chi connectivity index (χ0v) is 15.0. The van der Waals surface area contributed by atoms with Crippen LogP contribution < -0.4 is 16.4 Å². The number of hydrogen-bond donors (Lipinski definition) is 4. The highest BCUT2D eigenvalue weighted by Crippen LogP contribution is 2.32. The van der Waals surface area contributed by atoms with E-state index >= 15 is 0 Å². The minimum atomic E-state index is -0.645. The van der Waals surface area contributed by atoms with E-state index < -0.39 is 12.0 Å². The number of hydrogen-bond acceptors (Lipinski definition) is 6. The summed E-state index contributed by atoms with van der Waals surface area (Å²) < 4.78 is 5.79. The van der Waals surface area contributed by atoms with Gasteiger partial charge in [-0.3, -0.25) is 19.8 Å². The van der Waals surface area contributed by atoms with Gasteiger partial charge < -0.3 is 10.1 Å². The summed E-state index contributed by atoms with van der Waals surface area (Å²) in [4.78, 5) is 30.9. The maximum Gasteiger partial charge on any atom is 0.272 e. The van der Waals surface area contributed by atoms with Crippen molar-refractivity contribution in [1.82, 2.24) is 15.4 Å². The molecule has 1 aromatic heterocycles. The zero-order chi connectivity index (χ0) is 19.5. The van der Waals surface area contributed by atoms with Crippen molar-refractivity contribution in [2.45, 2.75) is 31.5 Å². The molecule has 1 aliphatic heterocycles. The maximum atomic E-state index is 12.2. The molecule has 0 radical (unpaired) electrons. The second kappa shape index (κ2) is 7.79. The lowest BCUT2D eigenvalue weighted by Crippen LogP contribution is -2.37. The molecule has 1 saturated heterocycles. The number of aromatic nitrogens is 2. The summed E-state index contributed by atoms with van der Waals surface area (Å²) in [5, 5.41) is 12.4. The van der Waals surface area contributed by atoms with Crippen LogP contribution in [0.1, 0.15) is 30.9 Å². The van der Waals surface area contributed by atoms with Crippen LogP contribution in [0.3, 0.4) is 0 Å². The standard InChI is InChI=1S/C20H20N4O4/c25-18-14-4-1-2-5-15(14)22-20(23-18)21-13-10-8-12(9-11-13)16-6-3-7-17(28-16)19(26)24-27/h1-2,4-5,8-11,16-17,27H,3,6-7H2,(H,24,26)(H2,21,22,23,25). The first kappa shape index (κ1) is 18.1. The molecule has 0 saturated carbocycles. The number of nitrogens with zero attached hydrogens (tertiary/aromatic N) is 1. The van der Waals surface area contributed by atoms with E-state index in [9.17, 15) is 9.59 Å². The Balaban J connectivity index is 1.49. The quantitative estimate of drug-likeness (QED) is 0.409. The van der Waals surface area contributed by atoms with E-state index in [2.05, 4.69) is 15.3 Å². The van der Waals surface area contributed by atoms with Gasteiger partial charge in [-0.15, -0.1) is 0 Å². The normalized spacial score (nSPS) is 19.3. The predicted octanol–water partition coefficient (Wildman–Crippen LogP) is 2.78. The van der Waals surface area contributed by atoms with Crippen molar-refractivity contribution in [2.24, 2.45) is 0 Å². The maximum absolute atomic E-state index is 12.2. The molecule has 2 heterocycles. The van der Waals surface area contributed by atoms with Crippen LogP contribution in [0.5, 0.6) is 0 Å². The molecule has 8 nitrogen and oxygen atoms in total. The number of fused-ring (bicyclic) bond motifs is 1. The third-order valence-corrected chi connectivity index (χ3v) is 4.82. The molecule has 2 unspecified atom stereocenters. The van der Waals surface area contributed by atoms with Crippen LogP contribution in [0, 0.1) is 0 Å². The summed E-state index contributed by atoms with van der Waals surface area (Å²) in [6.45, 7) is 0. The monoisotopic (exact) mass is 380 g/mol. The highest BCUT2D eigenvalue weighted by atomic mass is 16.5. The lowest BCUT2D eigenvalue weighted by atomic mass is 9.98. The summed E-state index contributed by atoms with van der Waals surface area (Å²) in [7, 11) is 0. The van der Waals surface area contributed by atoms with Crippen molar-refractivity contribution in [1.29, 1.82) is 0 Å². The van der Waals surface area contributed by atoms with Crippen LogP contribution >= 0.6 is 0 Å². The van der Waals surface area contributed by atoms with Crippen LogP contribution in [-0.2, 0) is 9.53 Å². The van der Waals surface area contributed by atoms with Gasteiger partial charge in [0.25, 0.3) is 11.5 Å². The zero-order valence-electron chi connectivity index (χ0n) is 15.0. The summed E-state index contributed by atoms with van der Waals surface area (Å²) in [6.07, 6.45) is 1.38. The Bertz CT molecular complexity index is 1050. The lowest BCUT2D eigenvalue weighted by molar-refractivity contribution is -0.150. The summed E-state index contributed by atoms with van der Waals surface area (Å²) in [6, 6.07) is 14.7. The van der Waals surface area contributed by atoms with Crippen LogP contribution in [0.25, 0.3) is 10.9 Å². The molecule has 8 heteroatoms. The van der Waals surface area contributed by atoms with Gasteiger partial charge in [0.15, 0.2) is 0 Å². The molecule has 3 aromatic rings. The molecule has 0 spiro atoms. The molecule has 28 heavy (non-hydrogen) atoms. The average Bonchev–Trinajstić information content (AvgIpc) is 2.74. The van der Waals surface area contributed by atoms with Gasteiger partial charge in [0.2, 0.25) is 5.95 Å². The fraction of sp³-hybridized carbons (Fsp3) is 0.250. The number of rotatable bonds is 4. The highest BCUT2D eigenvalue weighted by molar-refractivity contribution is 5.80. The van der Waals surface area contributed by atoms with Crippen molar-refractivity contribution in [2.75, 3.05) is 5.32 Å². The Hall–Kier alpha value is -3.23. The molecular weight excluding hydrogens is 360 g/mol. The molecule has 1 aliphatic rings. The van der Waals surface area contributed by atoms with E-state index in [4.69, 9.17) is 9.94 Å². The second-order valence-corrected chi connectivity index (χ2v) is 6.70. The van der Waals surface area contributed by atoms with E-state index in [0.29, 0.717) is 23.3 Å². The third kappa shape index (κ3) is 3.73. The van der Waals surface area contributed by atoms with Crippen LogP contribution in [0.4, 0.5) is 11.6 Å². The van der Waals surface area contributed by atoms with Crippen molar-refractivity contribution in [3.05, 3.63) is 64.4 Å². The molecular formula is C20H20N4O4. The average molecular weight is 380 g/mol. The van der Waals surface area contributed by atoms with Gasteiger partial charge in [0, 0.05) is 5.69 Å². The van der Waals surface area contributed by atoms with E-state index in [0.717, 1.165) is 24.1 Å². The fourth-order valence-electron chi connectivity index (χ4n) is 3.40. The van der Waals surface area contributed by atoms with Gasteiger partial charge in [0.1, 0.15) is 6.10 Å². The number of nitrogens with one attached hydrogen (secondary N) is 3. The summed E-state index contributed by atoms with van der Waals surface area (Å²) >= 11 is 0. The fourth-order valence-corrected chi connectivity index (χ4v) is 3.40. The highest BCUT2D eigenvalue weighted by Gasteiger charge is 2.28. The number of carbonyl (C=O) groups is 1. The number of aromatic amines is 1. The number of anilines is 2. The van der Waals surface area contributed by atoms with Crippen LogP contribution in [-0.4, -0.2) is 27.2 Å². The van der Waals surface area contributed by atoms with Gasteiger partial charge in [0.05, 0.1) is 17.0 Å². The molecule has 0 bridgehead atoms. The Kier molecular flexibility index (Phi) is 5.05. The van der Waals surface area contributed by atoms with Crippen molar-refractivity contribution in [3.8, 4) is 0 Å². The van der Waals surface area contributed by atoms with Crippen molar-refractivity contribution < 1.29 is 14.7 Å². The van der Waals surface area contributed by atoms with E-state index in [1.165, 1.54) is 0 Å². The minimum absolute atomic E-state index is 0.200. The summed E-state index contributed by atoms with van der Waals surface area (Å²) in [5.41, 5.74) is 3.78. The van der Waals surface area contributed by atoms with Crippen molar-refractivity contribution >= 4 is 28.4 Å². The van der Waals surface area contributed by atoms with E-state index in [-0.39, 0.29) is 11.7 Å². The number of amides is 1. The van der Waals surface area contributed by atoms with Gasteiger partial charge in [-0.25, -0.2) is 10.5 Å². The SMILES string of the molecule is O=C(NO)C1CCCC(c2ccc(Nc3nc4ccccc4c(=O)[nH]3)cc2)O1. The number of hydroxylamine groups is 1. The molecule has 4 N–H and O–H groups in total. The number of H-pyrrole nitrogens is 1. The van der Waals surface area contributed by atoms with Crippen LogP contribution in [0.15, 0.2) is 53.3 Å². The Labute approximate surface area is 160 Å². The molecule has 144 valence electrons. The van der Waals surface area contributed by atoms with Crippen molar-refractivity contribution in [3.63, 3.8) is 0 Å². The molecule has 2 aromatic carbocycles. The Morgan fingerprint density at radius 3 is 2.71 bits per heavy atom. The summed E-state index contributed by atoms with van der Waals surface area (Å²) in [5.74, 6) is -0.153. The minimum Gasteiger partial charge on any atom is -0.360 e. The molecule has 1 fully saturated rings. The van der Waals surface area contributed by atoms with Crippen LogP contribution in [0.2, 0.25) is 0 Å². The van der Waals surface area contributed by atoms with E-state index in [1.807, 2.05) is 30.3 Å². The third-order valence-electron chi connectivity index (χ3n) is 4.82. The predicted molar refractivity (Wildman–Crippen MR) is 103 cm³/mol. The van der Waals surface area contributed by atoms with Gasteiger partial charge in [-0.05, 0) is 49.1 Å². The molecule has 1 amide bonds. The molecule has 2 atom stereocenters. The molecule has 0 aliphatic carbocycles.